The second-order valence-corrected chi connectivity index (χ2v) is 4.28. The highest BCUT2D eigenvalue weighted by atomic mass is 19.1. The van der Waals surface area contributed by atoms with Gasteiger partial charge in [-0.15, -0.1) is 0 Å². The van der Waals surface area contributed by atoms with Crippen LogP contribution in [0.4, 0.5) is 4.39 Å². The quantitative estimate of drug-likeness (QED) is 0.612. The molecule has 0 aromatic carbocycles. The second-order valence-electron chi connectivity index (χ2n) is 4.28. The van der Waals surface area contributed by atoms with Crippen LogP contribution in [0.15, 0.2) is 18.3 Å². The Morgan fingerprint density at radius 1 is 1.53 bits per heavy atom. The number of halogens is 1. The number of nitrogens with zero attached hydrogens (tertiary/aromatic N) is 2. The third kappa shape index (κ3) is 2.89. The zero-order chi connectivity index (χ0) is 13.8. The van der Waals surface area contributed by atoms with Crippen molar-refractivity contribution in [2.75, 3.05) is 13.2 Å². The number of esters is 1. The highest BCUT2D eigenvalue weighted by molar-refractivity contribution is 5.96. The SMILES string of the molecule is CCOC(=O)C1CCCN1C(=O)c1ccc(F)nc1. The van der Waals surface area contributed by atoms with Gasteiger partial charge in [-0.1, -0.05) is 0 Å². The fourth-order valence-electron chi connectivity index (χ4n) is 2.16. The number of hydrogen-bond donors (Lipinski definition) is 0. The number of hydrogen-bond acceptors (Lipinski definition) is 4. The minimum atomic E-state index is -0.639. The first-order chi connectivity index (χ1) is 9.13. The maximum absolute atomic E-state index is 12.7. The van der Waals surface area contributed by atoms with Crippen LogP contribution >= 0.6 is 0 Å². The largest absolute Gasteiger partial charge is 0.464 e. The maximum Gasteiger partial charge on any atom is 0.328 e. The third-order valence-corrected chi connectivity index (χ3v) is 3.05. The lowest BCUT2D eigenvalue weighted by molar-refractivity contribution is -0.147. The average molecular weight is 266 g/mol. The molecule has 1 aliphatic rings. The standard InChI is InChI=1S/C13H15FN2O3/c1-2-19-13(18)10-4-3-7-16(10)12(17)9-5-6-11(14)15-8-9/h5-6,8,10H,2-4,7H2,1H3. The minimum Gasteiger partial charge on any atom is -0.464 e. The summed E-state index contributed by atoms with van der Waals surface area (Å²) in [5.74, 6) is -1.34. The van der Waals surface area contributed by atoms with E-state index >= 15 is 0 Å². The monoisotopic (exact) mass is 266 g/mol. The Bertz CT molecular complexity index is 475. The van der Waals surface area contributed by atoms with Crippen LogP contribution in [0.25, 0.3) is 0 Å². The molecule has 1 saturated heterocycles. The first-order valence-electron chi connectivity index (χ1n) is 6.22. The number of aromatic nitrogens is 1. The van der Waals surface area contributed by atoms with Crippen LogP contribution in [0, 0.1) is 5.95 Å². The Kier molecular flexibility index (Phi) is 4.09. The summed E-state index contributed by atoms with van der Waals surface area (Å²) in [5.41, 5.74) is 0.276. The van der Waals surface area contributed by atoms with Crippen LogP contribution in [0.5, 0.6) is 0 Å². The molecular formula is C13H15FN2O3. The van der Waals surface area contributed by atoms with E-state index in [1.165, 1.54) is 17.2 Å². The van der Waals surface area contributed by atoms with Gasteiger partial charge in [0.15, 0.2) is 0 Å². The van der Waals surface area contributed by atoms with Crippen molar-refractivity contribution in [1.82, 2.24) is 9.88 Å². The summed E-state index contributed by atoms with van der Waals surface area (Å²) in [7, 11) is 0. The molecule has 0 bridgehead atoms. The van der Waals surface area contributed by atoms with Crippen molar-refractivity contribution in [3.63, 3.8) is 0 Å². The van der Waals surface area contributed by atoms with Crippen molar-refractivity contribution in [3.8, 4) is 0 Å². The average Bonchev–Trinajstić information content (AvgIpc) is 2.88. The predicted molar refractivity (Wildman–Crippen MR) is 64.9 cm³/mol. The van der Waals surface area contributed by atoms with Crippen LogP contribution in [-0.4, -0.2) is 41.0 Å². The molecule has 6 heteroatoms. The highest BCUT2D eigenvalue weighted by Gasteiger charge is 2.35. The Hall–Kier alpha value is -1.98. The van der Waals surface area contributed by atoms with E-state index in [1.807, 2.05) is 0 Å². The van der Waals surface area contributed by atoms with Crippen LogP contribution in [0.2, 0.25) is 0 Å². The molecule has 0 radical (unpaired) electrons. The molecule has 1 atom stereocenters. The van der Waals surface area contributed by atoms with Gasteiger partial charge in [-0.2, -0.15) is 4.39 Å². The first kappa shape index (κ1) is 13.5. The number of carbonyl (C=O) groups is 2. The minimum absolute atomic E-state index is 0.276. The number of carbonyl (C=O) groups excluding carboxylic acids is 2. The van der Waals surface area contributed by atoms with E-state index < -0.39 is 12.0 Å². The molecule has 2 heterocycles. The zero-order valence-corrected chi connectivity index (χ0v) is 10.6. The van der Waals surface area contributed by atoms with Crippen molar-refractivity contribution in [1.29, 1.82) is 0 Å². The summed E-state index contributed by atoms with van der Waals surface area (Å²) in [6.07, 6.45) is 2.53. The molecule has 2 rings (SSSR count). The van der Waals surface area contributed by atoms with Gasteiger partial charge < -0.3 is 9.64 Å². The van der Waals surface area contributed by atoms with Gasteiger partial charge in [0.1, 0.15) is 6.04 Å². The molecule has 1 fully saturated rings. The molecule has 0 spiro atoms. The van der Waals surface area contributed by atoms with Gasteiger partial charge in [0, 0.05) is 12.7 Å². The summed E-state index contributed by atoms with van der Waals surface area (Å²) >= 11 is 0. The number of rotatable bonds is 3. The van der Waals surface area contributed by atoms with Gasteiger partial charge in [-0.25, -0.2) is 9.78 Å². The molecule has 5 nitrogen and oxygen atoms in total. The molecular weight excluding hydrogens is 251 g/mol. The van der Waals surface area contributed by atoms with Crippen molar-refractivity contribution < 1.29 is 18.7 Å². The van der Waals surface area contributed by atoms with Crippen LogP contribution < -0.4 is 0 Å². The van der Waals surface area contributed by atoms with Crippen LogP contribution in [-0.2, 0) is 9.53 Å². The number of ether oxygens (including phenoxy) is 1. The van der Waals surface area contributed by atoms with E-state index in [2.05, 4.69) is 4.98 Å². The molecule has 1 amide bonds. The fourth-order valence-corrected chi connectivity index (χ4v) is 2.16. The molecule has 0 saturated carbocycles. The van der Waals surface area contributed by atoms with E-state index in [-0.39, 0.29) is 24.0 Å². The normalized spacial score (nSPS) is 18.4. The van der Waals surface area contributed by atoms with Crippen LogP contribution in [0.3, 0.4) is 0 Å². The van der Waals surface area contributed by atoms with Crippen LogP contribution in [0.1, 0.15) is 30.1 Å². The van der Waals surface area contributed by atoms with E-state index in [9.17, 15) is 14.0 Å². The van der Waals surface area contributed by atoms with Gasteiger partial charge >= 0.3 is 5.97 Å². The van der Waals surface area contributed by atoms with Gasteiger partial charge in [-0.05, 0) is 31.9 Å². The van der Waals surface area contributed by atoms with E-state index in [4.69, 9.17) is 4.74 Å². The summed E-state index contributed by atoms with van der Waals surface area (Å²) < 4.78 is 17.7. The molecule has 0 aliphatic carbocycles. The van der Waals surface area contributed by atoms with Crippen molar-refractivity contribution in [2.45, 2.75) is 25.8 Å². The molecule has 1 unspecified atom stereocenters. The van der Waals surface area contributed by atoms with E-state index in [0.717, 1.165) is 12.5 Å². The first-order valence-corrected chi connectivity index (χ1v) is 6.22. The molecule has 19 heavy (non-hydrogen) atoms. The Morgan fingerprint density at radius 3 is 2.95 bits per heavy atom. The number of pyridine rings is 1. The summed E-state index contributed by atoms with van der Waals surface area (Å²) in [6.45, 7) is 2.51. The van der Waals surface area contributed by atoms with E-state index in [0.29, 0.717) is 13.0 Å². The fraction of sp³-hybridized carbons (Fsp3) is 0.462. The topological polar surface area (TPSA) is 59.5 Å². The lowest BCUT2D eigenvalue weighted by Crippen LogP contribution is -2.41. The van der Waals surface area contributed by atoms with Crippen molar-refractivity contribution in [2.24, 2.45) is 0 Å². The smallest absolute Gasteiger partial charge is 0.328 e. The molecule has 0 N–H and O–H groups in total. The number of likely N-dealkylation sites (tertiary alicyclic amines) is 1. The Labute approximate surface area is 110 Å². The maximum atomic E-state index is 12.7. The van der Waals surface area contributed by atoms with Crippen molar-refractivity contribution in [3.05, 3.63) is 29.8 Å². The molecule has 102 valence electrons. The lowest BCUT2D eigenvalue weighted by atomic mass is 10.2. The Balaban J connectivity index is 2.13. The Morgan fingerprint density at radius 2 is 2.32 bits per heavy atom. The van der Waals surface area contributed by atoms with Gasteiger partial charge in [0.2, 0.25) is 5.95 Å². The van der Waals surface area contributed by atoms with Gasteiger partial charge in [0.05, 0.1) is 12.2 Å². The van der Waals surface area contributed by atoms with E-state index in [1.54, 1.807) is 6.92 Å². The molecule has 1 aromatic rings. The lowest BCUT2D eigenvalue weighted by Gasteiger charge is -2.22. The summed E-state index contributed by atoms with van der Waals surface area (Å²) in [4.78, 5) is 28.9. The second kappa shape index (κ2) is 5.77. The molecule has 1 aliphatic heterocycles. The summed E-state index contributed by atoms with van der Waals surface area (Å²) in [6, 6.07) is 1.95. The third-order valence-electron chi connectivity index (χ3n) is 3.05. The van der Waals surface area contributed by atoms with Gasteiger partial charge in [-0.3, -0.25) is 4.79 Å². The number of amides is 1. The molecule has 1 aromatic heterocycles. The van der Waals surface area contributed by atoms with Crippen molar-refractivity contribution >= 4 is 11.9 Å². The zero-order valence-electron chi connectivity index (χ0n) is 10.6. The highest BCUT2D eigenvalue weighted by Crippen LogP contribution is 2.21. The summed E-state index contributed by atoms with van der Waals surface area (Å²) in [5, 5.41) is 0. The predicted octanol–water partition coefficient (Wildman–Crippen LogP) is 1.39. The van der Waals surface area contributed by atoms with Gasteiger partial charge in [0.25, 0.3) is 5.91 Å².